The Morgan fingerprint density at radius 1 is 1.25 bits per heavy atom. The summed E-state index contributed by atoms with van der Waals surface area (Å²) in [6.07, 6.45) is 6.62. The molecular formula is C10H17ClO. The van der Waals surface area contributed by atoms with Crippen molar-refractivity contribution in [1.29, 1.82) is 0 Å². The first-order valence-electron chi connectivity index (χ1n) is 4.65. The third-order valence-corrected chi connectivity index (χ3v) is 3.07. The van der Waals surface area contributed by atoms with Crippen LogP contribution in [0.2, 0.25) is 0 Å². The molecular weight excluding hydrogens is 172 g/mol. The first-order chi connectivity index (χ1) is 5.86. The van der Waals surface area contributed by atoms with Gasteiger partial charge in [-0.1, -0.05) is 6.58 Å². The summed E-state index contributed by atoms with van der Waals surface area (Å²) in [5, 5.41) is 0. The van der Waals surface area contributed by atoms with Gasteiger partial charge in [-0.3, -0.25) is 0 Å². The molecule has 1 nitrogen and oxygen atoms in total. The third-order valence-electron chi connectivity index (χ3n) is 2.63. The highest BCUT2D eigenvalue weighted by atomic mass is 35.5. The van der Waals surface area contributed by atoms with E-state index in [1.807, 2.05) is 0 Å². The zero-order valence-corrected chi connectivity index (χ0v) is 8.22. The average Bonchev–Trinajstić information content (AvgIpc) is 2.15. The molecule has 2 heteroatoms. The number of hydrogen-bond donors (Lipinski definition) is 0. The van der Waals surface area contributed by atoms with E-state index in [0.717, 1.165) is 24.3 Å². The summed E-state index contributed by atoms with van der Waals surface area (Å²) < 4.78 is 5.17. The highest BCUT2D eigenvalue weighted by Gasteiger charge is 2.20. The topological polar surface area (TPSA) is 9.23 Å². The summed E-state index contributed by atoms with van der Waals surface area (Å²) >= 11 is 5.78. The molecule has 0 N–H and O–H groups in total. The van der Waals surface area contributed by atoms with Crippen molar-refractivity contribution in [3.05, 3.63) is 12.8 Å². The molecule has 0 bridgehead atoms. The maximum Gasteiger partial charge on any atom is 0.0901 e. The van der Waals surface area contributed by atoms with Gasteiger partial charge in [0, 0.05) is 5.88 Å². The van der Waals surface area contributed by atoms with Gasteiger partial charge in [0.25, 0.3) is 0 Å². The Morgan fingerprint density at radius 2 is 1.83 bits per heavy atom. The molecule has 0 aromatic carbocycles. The first-order valence-corrected chi connectivity index (χ1v) is 5.18. The van der Waals surface area contributed by atoms with Crippen molar-refractivity contribution < 1.29 is 4.74 Å². The average molecular weight is 189 g/mol. The summed E-state index contributed by atoms with van der Waals surface area (Å²) in [7, 11) is 0. The number of hydrogen-bond acceptors (Lipinski definition) is 1. The Morgan fingerprint density at radius 3 is 2.33 bits per heavy atom. The van der Waals surface area contributed by atoms with Gasteiger partial charge in [-0.25, -0.2) is 0 Å². The summed E-state index contributed by atoms with van der Waals surface area (Å²) in [5.41, 5.74) is 0. The van der Waals surface area contributed by atoms with Crippen LogP contribution in [0.3, 0.4) is 0 Å². The van der Waals surface area contributed by atoms with Crippen LogP contribution in [-0.2, 0) is 4.74 Å². The molecule has 1 rings (SSSR count). The fourth-order valence-corrected chi connectivity index (χ4v) is 2.07. The van der Waals surface area contributed by atoms with Gasteiger partial charge in [0.2, 0.25) is 0 Å². The van der Waals surface area contributed by atoms with Crippen molar-refractivity contribution in [1.82, 2.24) is 0 Å². The molecule has 1 saturated carbocycles. The van der Waals surface area contributed by atoms with E-state index < -0.39 is 0 Å². The number of halogens is 1. The Kier molecular flexibility index (Phi) is 4.52. The first kappa shape index (κ1) is 9.91. The minimum Gasteiger partial charge on any atom is -0.502 e. The van der Waals surface area contributed by atoms with E-state index in [1.54, 1.807) is 0 Å². The van der Waals surface area contributed by atoms with E-state index in [1.165, 1.54) is 31.9 Å². The second-order valence-corrected chi connectivity index (χ2v) is 3.85. The van der Waals surface area contributed by atoms with Crippen LogP contribution in [0.15, 0.2) is 12.8 Å². The normalized spacial score (nSPS) is 29.8. The molecule has 0 unspecified atom stereocenters. The molecule has 1 fully saturated rings. The molecule has 1 aliphatic carbocycles. The SMILES string of the molecule is C=COCC1CCC(CCl)CC1. The van der Waals surface area contributed by atoms with E-state index in [4.69, 9.17) is 16.3 Å². The van der Waals surface area contributed by atoms with E-state index in [9.17, 15) is 0 Å². The summed E-state index contributed by atoms with van der Waals surface area (Å²) in [6, 6.07) is 0. The summed E-state index contributed by atoms with van der Waals surface area (Å²) in [4.78, 5) is 0. The monoisotopic (exact) mass is 188 g/mol. The maximum atomic E-state index is 5.78. The van der Waals surface area contributed by atoms with Crippen LogP contribution < -0.4 is 0 Å². The van der Waals surface area contributed by atoms with Crippen LogP contribution in [0.4, 0.5) is 0 Å². The maximum absolute atomic E-state index is 5.78. The highest BCUT2D eigenvalue weighted by Crippen LogP contribution is 2.29. The lowest BCUT2D eigenvalue weighted by atomic mass is 9.83. The minimum absolute atomic E-state index is 0.738. The van der Waals surface area contributed by atoms with Gasteiger partial charge in [0.15, 0.2) is 0 Å². The quantitative estimate of drug-likeness (QED) is 0.487. The van der Waals surface area contributed by atoms with Crippen molar-refractivity contribution >= 4 is 11.6 Å². The molecule has 0 aromatic heterocycles. The fraction of sp³-hybridized carbons (Fsp3) is 0.800. The standard InChI is InChI=1S/C10H17ClO/c1-2-12-8-10-5-3-9(7-11)4-6-10/h2,9-10H,1,3-8H2. The van der Waals surface area contributed by atoms with Crippen molar-refractivity contribution in [2.75, 3.05) is 12.5 Å². The predicted octanol–water partition coefficient (Wildman–Crippen LogP) is 3.19. The predicted molar refractivity (Wildman–Crippen MR) is 52.3 cm³/mol. The summed E-state index contributed by atoms with van der Waals surface area (Å²) in [6.45, 7) is 4.38. The molecule has 0 aromatic rings. The van der Waals surface area contributed by atoms with Gasteiger partial charge in [0.1, 0.15) is 0 Å². The molecule has 0 heterocycles. The lowest BCUT2D eigenvalue weighted by Gasteiger charge is -2.26. The van der Waals surface area contributed by atoms with Crippen LogP contribution in [0.25, 0.3) is 0 Å². The fourth-order valence-electron chi connectivity index (χ4n) is 1.76. The van der Waals surface area contributed by atoms with Gasteiger partial charge < -0.3 is 4.74 Å². The van der Waals surface area contributed by atoms with Crippen LogP contribution in [0, 0.1) is 11.8 Å². The van der Waals surface area contributed by atoms with Crippen LogP contribution in [0.1, 0.15) is 25.7 Å². The molecule has 0 spiro atoms. The van der Waals surface area contributed by atoms with Gasteiger partial charge in [-0.2, -0.15) is 0 Å². The molecule has 12 heavy (non-hydrogen) atoms. The van der Waals surface area contributed by atoms with Crippen molar-refractivity contribution in [2.24, 2.45) is 11.8 Å². The molecule has 70 valence electrons. The minimum atomic E-state index is 0.738. The van der Waals surface area contributed by atoms with Gasteiger partial charge in [0.05, 0.1) is 12.9 Å². The Hall–Kier alpha value is -0.170. The second kappa shape index (κ2) is 5.47. The molecule has 0 radical (unpaired) electrons. The largest absolute Gasteiger partial charge is 0.502 e. The zero-order valence-electron chi connectivity index (χ0n) is 7.47. The van der Waals surface area contributed by atoms with E-state index >= 15 is 0 Å². The molecule has 0 saturated heterocycles. The van der Waals surface area contributed by atoms with Crippen molar-refractivity contribution in [3.63, 3.8) is 0 Å². The smallest absolute Gasteiger partial charge is 0.0901 e. The van der Waals surface area contributed by atoms with Crippen LogP contribution >= 0.6 is 11.6 Å². The Labute approximate surface area is 79.7 Å². The third kappa shape index (κ3) is 3.06. The zero-order chi connectivity index (χ0) is 8.81. The lowest BCUT2D eigenvalue weighted by Crippen LogP contribution is -2.18. The van der Waals surface area contributed by atoms with Crippen molar-refractivity contribution in [2.45, 2.75) is 25.7 Å². The molecule has 0 amide bonds. The van der Waals surface area contributed by atoms with Gasteiger partial charge in [-0.15, -0.1) is 11.6 Å². The van der Waals surface area contributed by atoms with Gasteiger partial charge in [-0.05, 0) is 37.5 Å². The van der Waals surface area contributed by atoms with E-state index in [-0.39, 0.29) is 0 Å². The van der Waals surface area contributed by atoms with Crippen molar-refractivity contribution in [3.8, 4) is 0 Å². The Balaban J connectivity index is 2.12. The molecule has 0 atom stereocenters. The van der Waals surface area contributed by atoms with Crippen LogP contribution in [-0.4, -0.2) is 12.5 Å². The lowest BCUT2D eigenvalue weighted by molar-refractivity contribution is 0.153. The molecule has 1 aliphatic rings. The van der Waals surface area contributed by atoms with Gasteiger partial charge >= 0.3 is 0 Å². The molecule has 0 aliphatic heterocycles. The number of ether oxygens (including phenoxy) is 1. The highest BCUT2D eigenvalue weighted by molar-refractivity contribution is 6.18. The Bertz CT molecular complexity index is 128. The summed E-state index contributed by atoms with van der Waals surface area (Å²) in [5.74, 6) is 2.32. The second-order valence-electron chi connectivity index (χ2n) is 3.54. The number of alkyl halides is 1. The van der Waals surface area contributed by atoms with E-state index in [0.29, 0.717) is 0 Å². The van der Waals surface area contributed by atoms with Crippen LogP contribution in [0.5, 0.6) is 0 Å². The van der Waals surface area contributed by atoms with E-state index in [2.05, 4.69) is 6.58 Å². The number of rotatable bonds is 4.